The normalized spacial score (nSPS) is 23.1. The summed E-state index contributed by atoms with van der Waals surface area (Å²) in [6.45, 7) is 7.21. The first-order valence-electron chi connectivity index (χ1n) is 14.2. The largest absolute Gasteiger partial charge is 0.460 e. The number of esters is 1. The van der Waals surface area contributed by atoms with Gasteiger partial charge in [0.05, 0.1) is 44.3 Å². The lowest BCUT2D eigenvalue weighted by Gasteiger charge is -2.30. The van der Waals surface area contributed by atoms with E-state index in [0.717, 1.165) is 31.2 Å². The summed E-state index contributed by atoms with van der Waals surface area (Å²) in [6, 6.07) is 3.41. The van der Waals surface area contributed by atoms with E-state index in [-0.39, 0.29) is 61.1 Å². The van der Waals surface area contributed by atoms with Crippen LogP contribution in [0.25, 0.3) is 0 Å². The average molecular weight is 561 g/mol. The van der Waals surface area contributed by atoms with E-state index in [1.54, 1.807) is 30.4 Å². The van der Waals surface area contributed by atoms with E-state index >= 15 is 0 Å². The second-order valence-corrected chi connectivity index (χ2v) is 11.5. The molecule has 2 aliphatic rings. The molecular formula is C29H44N4O7. The van der Waals surface area contributed by atoms with Crippen molar-refractivity contribution in [2.24, 2.45) is 11.8 Å². The molecule has 1 aliphatic carbocycles. The maximum Gasteiger partial charge on any atom is 0.309 e. The van der Waals surface area contributed by atoms with Gasteiger partial charge in [0.1, 0.15) is 5.60 Å². The van der Waals surface area contributed by atoms with Gasteiger partial charge >= 0.3 is 5.97 Å². The SMILES string of the molecule is CN1C(=O)C[C@H](C(=O)NCCOCCOCCC(=O)NC2CCC(C(=O)OC(C)(C)C)CC2)[C@H]1c1cccnc1. The molecular weight excluding hydrogens is 516 g/mol. The highest BCUT2D eigenvalue weighted by atomic mass is 16.6. The Labute approximate surface area is 236 Å². The molecule has 2 N–H and O–H groups in total. The van der Waals surface area contributed by atoms with Crippen molar-refractivity contribution in [3.8, 4) is 0 Å². The number of nitrogens with one attached hydrogen (secondary N) is 2. The summed E-state index contributed by atoms with van der Waals surface area (Å²) < 4.78 is 16.5. The minimum absolute atomic E-state index is 0.0648. The Morgan fingerprint density at radius 1 is 1.05 bits per heavy atom. The van der Waals surface area contributed by atoms with E-state index < -0.39 is 11.5 Å². The predicted molar refractivity (Wildman–Crippen MR) is 147 cm³/mol. The van der Waals surface area contributed by atoms with Gasteiger partial charge in [0.25, 0.3) is 0 Å². The summed E-state index contributed by atoms with van der Waals surface area (Å²) in [4.78, 5) is 55.2. The Kier molecular flexibility index (Phi) is 11.9. The van der Waals surface area contributed by atoms with E-state index in [4.69, 9.17) is 14.2 Å². The maximum atomic E-state index is 12.7. The van der Waals surface area contributed by atoms with Gasteiger partial charge in [0, 0.05) is 44.9 Å². The Hall–Kier alpha value is -3.05. The van der Waals surface area contributed by atoms with Gasteiger partial charge in [-0.25, -0.2) is 0 Å². The zero-order valence-electron chi connectivity index (χ0n) is 24.1. The molecule has 1 aliphatic heterocycles. The Balaban J connectivity index is 1.21. The number of carbonyl (C=O) groups is 4. The number of hydrogen-bond acceptors (Lipinski definition) is 8. The number of aromatic nitrogens is 1. The summed E-state index contributed by atoms with van der Waals surface area (Å²) in [5, 5.41) is 5.89. The first-order valence-corrected chi connectivity index (χ1v) is 14.2. The van der Waals surface area contributed by atoms with E-state index in [1.807, 2.05) is 26.8 Å². The molecule has 40 heavy (non-hydrogen) atoms. The third-order valence-electron chi connectivity index (χ3n) is 7.17. The lowest BCUT2D eigenvalue weighted by molar-refractivity contribution is -0.161. The Morgan fingerprint density at radius 3 is 2.40 bits per heavy atom. The molecule has 2 atom stereocenters. The minimum atomic E-state index is -0.483. The summed E-state index contributed by atoms with van der Waals surface area (Å²) >= 11 is 0. The predicted octanol–water partition coefficient (Wildman–Crippen LogP) is 2.16. The van der Waals surface area contributed by atoms with Crippen LogP contribution in [0, 0.1) is 11.8 Å². The highest BCUT2D eigenvalue weighted by Crippen LogP contribution is 2.36. The molecule has 11 nitrogen and oxygen atoms in total. The van der Waals surface area contributed by atoms with Gasteiger partial charge in [-0.1, -0.05) is 6.07 Å². The number of amides is 3. The number of ether oxygens (including phenoxy) is 3. The molecule has 2 fully saturated rings. The molecule has 1 aromatic heterocycles. The van der Waals surface area contributed by atoms with Crippen LogP contribution in [-0.4, -0.2) is 85.2 Å². The van der Waals surface area contributed by atoms with Crippen LogP contribution in [0.1, 0.15) is 70.9 Å². The molecule has 222 valence electrons. The maximum absolute atomic E-state index is 12.7. The van der Waals surface area contributed by atoms with Gasteiger partial charge in [-0.3, -0.25) is 24.2 Å². The fourth-order valence-electron chi connectivity index (χ4n) is 5.13. The molecule has 11 heteroatoms. The van der Waals surface area contributed by atoms with Crippen molar-refractivity contribution in [2.45, 2.75) is 77.0 Å². The van der Waals surface area contributed by atoms with Crippen molar-refractivity contribution in [1.82, 2.24) is 20.5 Å². The monoisotopic (exact) mass is 560 g/mol. The zero-order chi connectivity index (χ0) is 29.1. The third-order valence-corrected chi connectivity index (χ3v) is 7.17. The van der Waals surface area contributed by atoms with Crippen molar-refractivity contribution < 1.29 is 33.4 Å². The fourth-order valence-corrected chi connectivity index (χ4v) is 5.13. The summed E-state index contributed by atoms with van der Waals surface area (Å²) in [6.07, 6.45) is 6.73. The molecule has 3 rings (SSSR count). The lowest BCUT2D eigenvalue weighted by Crippen LogP contribution is -2.40. The molecule has 0 bridgehead atoms. The Bertz CT molecular complexity index is 990. The quantitative estimate of drug-likeness (QED) is 0.277. The highest BCUT2D eigenvalue weighted by Gasteiger charge is 2.42. The standard InChI is InChI=1S/C29H44N4O7/c1-29(2,3)40-28(37)20-7-9-22(10-8-20)32-24(34)11-14-38-16-17-39-15-13-31-27(36)23-18-25(35)33(4)26(23)21-6-5-12-30-19-21/h5-6,12,19-20,22-23,26H,7-11,13-18H2,1-4H3,(H,31,36)(H,32,34)/t20?,22?,23-,26+/m0/s1. The van der Waals surface area contributed by atoms with E-state index in [1.165, 1.54) is 0 Å². The van der Waals surface area contributed by atoms with Gasteiger partial charge in [0.15, 0.2) is 0 Å². The molecule has 2 heterocycles. The summed E-state index contributed by atoms with van der Waals surface area (Å²) in [5.41, 5.74) is 0.354. The van der Waals surface area contributed by atoms with Crippen LogP contribution in [0.3, 0.4) is 0 Å². The van der Waals surface area contributed by atoms with Crippen molar-refractivity contribution in [1.29, 1.82) is 0 Å². The van der Waals surface area contributed by atoms with E-state index in [9.17, 15) is 19.2 Å². The number of hydrogen-bond donors (Lipinski definition) is 2. The second-order valence-electron chi connectivity index (χ2n) is 11.5. The molecule has 3 amide bonds. The van der Waals surface area contributed by atoms with Crippen LogP contribution in [0.15, 0.2) is 24.5 Å². The molecule has 0 radical (unpaired) electrons. The smallest absolute Gasteiger partial charge is 0.309 e. The van der Waals surface area contributed by atoms with Crippen LogP contribution in [0.4, 0.5) is 0 Å². The van der Waals surface area contributed by atoms with Gasteiger partial charge in [-0.2, -0.15) is 0 Å². The summed E-state index contributed by atoms with van der Waals surface area (Å²) in [5.74, 6) is -1.04. The number of likely N-dealkylation sites (tertiary alicyclic amines) is 1. The summed E-state index contributed by atoms with van der Waals surface area (Å²) in [7, 11) is 1.71. The van der Waals surface area contributed by atoms with Crippen molar-refractivity contribution in [3.05, 3.63) is 30.1 Å². The molecule has 1 saturated heterocycles. The first-order chi connectivity index (χ1) is 19.0. The Morgan fingerprint density at radius 2 is 1.75 bits per heavy atom. The van der Waals surface area contributed by atoms with Crippen molar-refractivity contribution in [2.75, 3.05) is 40.0 Å². The molecule has 0 aromatic carbocycles. The van der Waals surface area contributed by atoms with Gasteiger partial charge in [0.2, 0.25) is 17.7 Å². The van der Waals surface area contributed by atoms with Crippen LogP contribution in [0.2, 0.25) is 0 Å². The first kappa shape index (κ1) is 31.5. The fraction of sp³-hybridized carbons (Fsp3) is 0.690. The highest BCUT2D eigenvalue weighted by molar-refractivity contribution is 5.90. The van der Waals surface area contributed by atoms with Crippen molar-refractivity contribution >= 4 is 23.7 Å². The van der Waals surface area contributed by atoms with Crippen molar-refractivity contribution in [3.63, 3.8) is 0 Å². The molecule has 0 spiro atoms. The number of pyridine rings is 1. The molecule has 1 aromatic rings. The number of nitrogens with zero attached hydrogens (tertiary/aromatic N) is 2. The lowest BCUT2D eigenvalue weighted by atomic mass is 9.86. The number of carbonyl (C=O) groups excluding carboxylic acids is 4. The van der Waals surface area contributed by atoms with Crippen LogP contribution in [-0.2, 0) is 33.4 Å². The van der Waals surface area contributed by atoms with E-state index in [2.05, 4.69) is 15.6 Å². The van der Waals surface area contributed by atoms with Crippen LogP contribution in [0.5, 0.6) is 0 Å². The minimum Gasteiger partial charge on any atom is -0.460 e. The van der Waals surface area contributed by atoms with Crippen LogP contribution >= 0.6 is 0 Å². The average Bonchev–Trinajstić information content (AvgIpc) is 3.21. The topological polar surface area (TPSA) is 136 Å². The zero-order valence-corrected chi connectivity index (χ0v) is 24.1. The number of rotatable bonds is 13. The van der Waals surface area contributed by atoms with Gasteiger partial charge < -0.3 is 29.7 Å². The molecule has 0 unspecified atom stereocenters. The van der Waals surface area contributed by atoms with E-state index in [0.29, 0.717) is 26.4 Å². The van der Waals surface area contributed by atoms with Gasteiger partial charge in [-0.15, -0.1) is 0 Å². The molecule has 1 saturated carbocycles. The van der Waals surface area contributed by atoms with Gasteiger partial charge in [-0.05, 0) is 58.1 Å². The third kappa shape index (κ3) is 9.85. The second kappa shape index (κ2) is 15.1. The van der Waals surface area contributed by atoms with Crippen LogP contribution < -0.4 is 10.6 Å².